The molecule has 3 N–H and O–H groups in total. The number of hydrogen-bond acceptors (Lipinski definition) is 6. The normalized spacial score (nSPS) is 37.9. The van der Waals surface area contributed by atoms with Gasteiger partial charge in [0.2, 0.25) is 11.6 Å². The summed E-state index contributed by atoms with van der Waals surface area (Å²) < 4.78 is 25.8. The van der Waals surface area contributed by atoms with Crippen LogP contribution >= 0.6 is 7.67 Å². The van der Waals surface area contributed by atoms with Crippen molar-refractivity contribution < 1.29 is 23.6 Å². The summed E-state index contributed by atoms with van der Waals surface area (Å²) in [6, 6.07) is 8.50. The van der Waals surface area contributed by atoms with Crippen LogP contribution in [0.25, 0.3) is 0 Å². The maximum Gasteiger partial charge on any atom is 0.341 e. The minimum absolute atomic E-state index is 0.262. The molecule has 1 aromatic rings. The van der Waals surface area contributed by atoms with Crippen molar-refractivity contribution in [2.75, 3.05) is 18.4 Å². The third-order valence-corrected chi connectivity index (χ3v) is 11.3. The van der Waals surface area contributed by atoms with Crippen LogP contribution in [0, 0.1) is 23.7 Å². The van der Waals surface area contributed by atoms with E-state index in [0.717, 1.165) is 61.6 Å². The molecule has 1 saturated heterocycles. The molecule has 6 aliphatic rings. The van der Waals surface area contributed by atoms with E-state index >= 15 is 0 Å². The minimum Gasteiger partial charge on any atom is -0.382 e. The highest BCUT2D eigenvalue weighted by Gasteiger charge is 2.67. The number of anilines is 1. The fourth-order valence-corrected chi connectivity index (χ4v) is 9.52. The fourth-order valence-electron chi connectivity index (χ4n) is 7.86. The maximum atomic E-state index is 13.1. The standard InChI is InChI=1S/C29H46N3O5P/c1-3-12-30-38(33,31-13-4-2)34-20-21-7-9-26(10-8-21)32-27-6-5-11-28(19-27)35-29(37-36-28)24-15-22-14-23(17-24)18-25(29)16-22/h7-10,22-25,27,32H,3-6,11-20H2,1-2H3,(H2,30,31,33)/t22?,23?,24?,25?,27?,28-,29?/m1/s1. The lowest BCUT2D eigenvalue weighted by atomic mass is 9.53. The second-order valence-corrected chi connectivity index (χ2v) is 14.5. The van der Waals surface area contributed by atoms with Crippen molar-refractivity contribution in [1.82, 2.24) is 10.2 Å². The molecule has 0 aromatic heterocycles. The van der Waals surface area contributed by atoms with Crippen LogP contribution < -0.4 is 15.5 Å². The highest BCUT2D eigenvalue weighted by Crippen LogP contribution is 2.63. The molecule has 6 fully saturated rings. The largest absolute Gasteiger partial charge is 0.382 e. The van der Waals surface area contributed by atoms with Gasteiger partial charge in [-0.05, 0) is 87.3 Å². The highest BCUT2D eigenvalue weighted by molar-refractivity contribution is 7.54. The van der Waals surface area contributed by atoms with Crippen LogP contribution in [0.2, 0.25) is 0 Å². The van der Waals surface area contributed by atoms with Gasteiger partial charge in [0.15, 0.2) is 0 Å². The zero-order chi connectivity index (χ0) is 26.2. The highest BCUT2D eigenvalue weighted by atomic mass is 31.2. The molecule has 1 heterocycles. The first-order valence-corrected chi connectivity index (χ1v) is 16.7. The Morgan fingerprint density at radius 3 is 2.24 bits per heavy atom. The summed E-state index contributed by atoms with van der Waals surface area (Å²) in [5.41, 5.74) is 2.06. The van der Waals surface area contributed by atoms with Crippen molar-refractivity contribution in [3.05, 3.63) is 29.8 Å². The number of ether oxygens (including phenoxy) is 1. The Balaban J connectivity index is 1.04. The van der Waals surface area contributed by atoms with Crippen LogP contribution in [0.4, 0.5) is 5.69 Å². The number of benzene rings is 1. The molecule has 212 valence electrons. The van der Waals surface area contributed by atoms with Gasteiger partial charge in [0.05, 0.1) is 6.61 Å². The Kier molecular flexibility index (Phi) is 7.96. The predicted octanol–water partition coefficient (Wildman–Crippen LogP) is 6.49. The Morgan fingerprint density at radius 2 is 1.61 bits per heavy atom. The first-order chi connectivity index (χ1) is 18.4. The summed E-state index contributed by atoms with van der Waals surface area (Å²) in [6.07, 6.45) is 12.0. The molecule has 0 radical (unpaired) electrons. The van der Waals surface area contributed by atoms with Crippen LogP contribution in [0.15, 0.2) is 24.3 Å². The molecule has 2 atom stereocenters. The van der Waals surface area contributed by atoms with Gasteiger partial charge in [0, 0.05) is 49.5 Å². The summed E-state index contributed by atoms with van der Waals surface area (Å²) in [7, 11) is -3.05. The average molecular weight is 548 g/mol. The molecule has 7 rings (SSSR count). The van der Waals surface area contributed by atoms with Crippen molar-refractivity contribution >= 4 is 13.4 Å². The molecule has 4 bridgehead atoms. The fraction of sp³-hybridized carbons (Fsp3) is 0.793. The van der Waals surface area contributed by atoms with Crippen molar-refractivity contribution in [2.24, 2.45) is 23.7 Å². The number of hydrogen-bond donors (Lipinski definition) is 3. The van der Waals surface area contributed by atoms with Crippen LogP contribution in [0.5, 0.6) is 0 Å². The van der Waals surface area contributed by atoms with Gasteiger partial charge >= 0.3 is 7.67 Å². The SMILES string of the molecule is CCCNP(=O)(NCCC)OCc1ccc(NC2CCC[C@]3(C2)OOC2(O3)C3CC4CC(C3)CC2C4)cc1. The first kappa shape index (κ1) is 27.2. The maximum absolute atomic E-state index is 13.1. The zero-order valence-electron chi connectivity index (χ0n) is 23.1. The van der Waals surface area contributed by atoms with E-state index in [-0.39, 0.29) is 6.04 Å². The van der Waals surface area contributed by atoms with Crippen molar-refractivity contribution in [3.8, 4) is 0 Å². The molecule has 1 aliphatic heterocycles. The van der Waals surface area contributed by atoms with Crippen molar-refractivity contribution in [3.63, 3.8) is 0 Å². The molecule has 1 aromatic carbocycles. The van der Waals surface area contributed by atoms with E-state index in [2.05, 4.69) is 41.5 Å². The topological polar surface area (TPSA) is 90.1 Å². The molecular weight excluding hydrogens is 501 g/mol. The van der Waals surface area contributed by atoms with Gasteiger partial charge in [-0.1, -0.05) is 26.0 Å². The average Bonchev–Trinajstić information content (AvgIpc) is 3.28. The molecule has 2 spiro atoms. The van der Waals surface area contributed by atoms with E-state index in [9.17, 15) is 4.57 Å². The Morgan fingerprint density at radius 1 is 0.947 bits per heavy atom. The molecular formula is C29H46N3O5P. The van der Waals surface area contributed by atoms with Crippen LogP contribution in [0.3, 0.4) is 0 Å². The molecule has 5 aliphatic carbocycles. The van der Waals surface area contributed by atoms with Gasteiger partial charge in [0.25, 0.3) is 0 Å². The second-order valence-electron chi connectivity index (χ2n) is 12.5. The van der Waals surface area contributed by atoms with Gasteiger partial charge in [0.1, 0.15) is 0 Å². The smallest absolute Gasteiger partial charge is 0.341 e. The lowest BCUT2D eigenvalue weighted by Crippen LogP contribution is -2.59. The summed E-state index contributed by atoms with van der Waals surface area (Å²) in [5, 5.41) is 9.82. The van der Waals surface area contributed by atoms with Gasteiger partial charge in [-0.15, -0.1) is 0 Å². The predicted molar refractivity (Wildman–Crippen MR) is 147 cm³/mol. The first-order valence-electron chi connectivity index (χ1n) is 15.1. The van der Waals surface area contributed by atoms with Crippen molar-refractivity contribution in [2.45, 2.75) is 109 Å². The third-order valence-electron chi connectivity index (χ3n) is 9.49. The summed E-state index contributed by atoms with van der Waals surface area (Å²) in [6.45, 7) is 5.71. The lowest BCUT2D eigenvalue weighted by Gasteiger charge is -2.57. The van der Waals surface area contributed by atoms with Gasteiger partial charge in [-0.25, -0.2) is 10.2 Å². The van der Waals surface area contributed by atoms with Gasteiger partial charge in [-0.2, -0.15) is 9.78 Å². The van der Waals surface area contributed by atoms with Gasteiger partial charge < -0.3 is 14.6 Å². The molecule has 38 heavy (non-hydrogen) atoms. The van der Waals surface area contributed by atoms with E-state index < -0.39 is 19.2 Å². The van der Waals surface area contributed by atoms with E-state index in [4.69, 9.17) is 19.0 Å². The van der Waals surface area contributed by atoms with E-state index in [1.165, 1.54) is 32.1 Å². The molecule has 9 heteroatoms. The summed E-state index contributed by atoms with van der Waals surface area (Å²) in [5.74, 6) is 1.59. The summed E-state index contributed by atoms with van der Waals surface area (Å²) in [4.78, 5) is 12.4. The molecule has 8 nitrogen and oxygen atoms in total. The lowest BCUT2D eigenvalue weighted by molar-refractivity contribution is -0.390. The number of rotatable bonds is 11. The molecule has 0 amide bonds. The number of nitrogens with one attached hydrogen (secondary N) is 3. The molecule has 1 unspecified atom stereocenters. The van der Waals surface area contributed by atoms with Crippen molar-refractivity contribution in [1.29, 1.82) is 0 Å². The quantitative estimate of drug-likeness (QED) is 0.214. The minimum atomic E-state index is -3.05. The summed E-state index contributed by atoms with van der Waals surface area (Å²) >= 11 is 0. The second kappa shape index (κ2) is 11.1. The van der Waals surface area contributed by atoms with Crippen LogP contribution in [-0.4, -0.2) is 30.7 Å². The van der Waals surface area contributed by atoms with Gasteiger partial charge in [-0.3, -0.25) is 4.57 Å². The van der Waals surface area contributed by atoms with E-state index in [1.54, 1.807) is 0 Å². The Bertz CT molecular complexity index is 966. The Labute approximate surface area is 227 Å². The third kappa shape index (κ3) is 5.47. The Hall–Kier alpha value is -0.990. The van der Waals surface area contributed by atoms with Crippen LogP contribution in [-0.2, 0) is 30.2 Å². The van der Waals surface area contributed by atoms with Crippen LogP contribution in [0.1, 0.15) is 90.0 Å². The zero-order valence-corrected chi connectivity index (χ0v) is 24.0. The van der Waals surface area contributed by atoms with E-state index in [0.29, 0.717) is 31.5 Å². The van der Waals surface area contributed by atoms with E-state index in [1.807, 2.05) is 12.1 Å². The molecule has 5 saturated carbocycles. The monoisotopic (exact) mass is 547 g/mol.